The number of aliphatic carboxylic acids is 1. The molecule has 0 heterocycles. The van der Waals surface area contributed by atoms with E-state index in [0.717, 1.165) is 0 Å². The first-order valence-corrected chi connectivity index (χ1v) is 5.13. The predicted molar refractivity (Wildman–Crippen MR) is 54.2 cm³/mol. The number of hydrogen-bond donors (Lipinski definition) is 1. The van der Waals surface area contributed by atoms with Crippen LogP contribution >= 0.6 is 0 Å². The molecule has 1 aliphatic rings. The molecule has 0 bridgehead atoms. The summed E-state index contributed by atoms with van der Waals surface area (Å²) in [5.41, 5.74) is -0.529. The Kier molecular flexibility index (Phi) is 3.07. The van der Waals surface area contributed by atoms with E-state index < -0.39 is 17.3 Å². The number of hydrogen-bond acceptors (Lipinski definition) is 3. The molecule has 0 unspecified atom stereocenters. The smallest absolute Gasteiger partial charge is 0.309 e. The first-order valence-electron chi connectivity index (χ1n) is 5.13. The maximum absolute atomic E-state index is 11.6. The van der Waals surface area contributed by atoms with Crippen LogP contribution < -0.4 is 0 Å². The molecular formula is C11H18O4. The summed E-state index contributed by atoms with van der Waals surface area (Å²) in [6.07, 6.45) is 0.544. The monoisotopic (exact) mass is 214 g/mol. The molecule has 0 radical (unpaired) electrons. The Labute approximate surface area is 89.6 Å². The third-order valence-electron chi connectivity index (χ3n) is 3.63. The highest BCUT2D eigenvalue weighted by molar-refractivity contribution is 5.78. The molecular weight excluding hydrogens is 196 g/mol. The normalized spacial score (nSPS) is 33.7. The van der Waals surface area contributed by atoms with Crippen molar-refractivity contribution in [2.75, 3.05) is 7.11 Å². The summed E-state index contributed by atoms with van der Waals surface area (Å²) < 4.78 is 4.74. The zero-order chi connectivity index (χ0) is 11.8. The lowest BCUT2D eigenvalue weighted by Gasteiger charge is -2.29. The van der Waals surface area contributed by atoms with Crippen LogP contribution in [-0.4, -0.2) is 24.2 Å². The maximum atomic E-state index is 11.6. The van der Waals surface area contributed by atoms with Gasteiger partial charge in [0.2, 0.25) is 0 Å². The van der Waals surface area contributed by atoms with Gasteiger partial charge in [-0.1, -0.05) is 20.8 Å². The Morgan fingerprint density at radius 2 is 1.93 bits per heavy atom. The zero-order valence-corrected chi connectivity index (χ0v) is 9.61. The molecule has 1 saturated carbocycles. The second-order valence-electron chi connectivity index (χ2n) is 4.93. The van der Waals surface area contributed by atoms with Gasteiger partial charge >= 0.3 is 11.9 Å². The Hall–Kier alpha value is -1.06. The van der Waals surface area contributed by atoms with Gasteiger partial charge in [-0.2, -0.15) is 0 Å². The molecule has 0 amide bonds. The standard InChI is InChI=1S/C11H18O4/c1-6-5-7(9(12)13)11(2,3)8(6)10(14)15-4/h6-8H,5H2,1-4H3,(H,12,13)/t6-,7+,8-/m0/s1. The highest BCUT2D eigenvalue weighted by atomic mass is 16.5. The van der Waals surface area contributed by atoms with Crippen molar-refractivity contribution in [2.24, 2.45) is 23.2 Å². The van der Waals surface area contributed by atoms with Crippen molar-refractivity contribution < 1.29 is 19.4 Å². The Morgan fingerprint density at radius 3 is 2.27 bits per heavy atom. The second kappa shape index (κ2) is 3.83. The van der Waals surface area contributed by atoms with Gasteiger partial charge in [-0.25, -0.2) is 0 Å². The van der Waals surface area contributed by atoms with E-state index >= 15 is 0 Å². The molecule has 3 atom stereocenters. The van der Waals surface area contributed by atoms with Crippen LogP contribution in [0.2, 0.25) is 0 Å². The molecule has 0 aromatic rings. The number of carbonyl (C=O) groups is 2. The Bertz CT molecular complexity index is 282. The lowest BCUT2D eigenvalue weighted by molar-refractivity contribution is -0.153. The number of methoxy groups -OCH3 is 1. The zero-order valence-electron chi connectivity index (χ0n) is 9.61. The summed E-state index contributed by atoms with van der Waals surface area (Å²) in [4.78, 5) is 22.7. The van der Waals surface area contributed by atoms with Gasteiger partial charge in [-0.3, -0.25) is 9.59 Å². The molecule has 15 heavy (non-hydrogen) atoms. The topological polar surface area (TPSA) is 63.6 Å². The molecule has 1 rings (SSSR count). The first-order chi connectivity index (χ1) is 6.82. The van der Waals surface area contributed by atoms with Crippen molar-refractivity contribution in [3.8, 4) is 0 Å². The van der Waals surface area contributed by atoms with E-state index in [2.05, 4.69) is 0 Å². The largest absolute Gasteiger partial charge is 0.481 e. The summed E-state index contributed by atoms with van der Waals surface area (Å²) in [5.74, 6) is -1.83. The number of carbonyl (C=O) groups excluding carboxylic acids is 1. The van der Waals surface area contributed by atoms with Crippen LogP contribution in [0.4, 0.5) is 0 Å². The van der Waals surface area contributed by atoms with Crippen LogP contribution in [0.25, 0.3) is 0 Å². The number of ether oxygens (including phenoxy) is 1. The second-order valence-corrected chi connectivity index (χ2v) is 4.93. The predicted octanol–water partition coefficient (Wildman–Crippen LogP) is 1.54. The minimum absolute atomic E-state index is 0.0635. The van der Waals surface area contributed by atoms with E-state index in [1.165, 1.54) is 7.11 Å². The Morgan fingerprint density at radius 1 is 1.40 bits per heavy atom. The fourth-order valence-corrected chi connectivity index (χ4v) is 2.84. The first kappa shape index (κ1) is 12.0. The van der Waals surface area contributed by atoms with Gasteiger partial charge in [0.15, 0.2) is 0 Å². The summed E-state index contributed by atoms with van der Waals surface area (Å²) in [6.45, 7) is 5.57. The molecule has 0 spiro atoms. The molecule has 0 aliphatic heterocycles. The quantitative estimate of drug-likeness (QED) is 0.708. The number of carboxylic acids is 1. The molecule has 1 N–H and O–H groups in total. The van der Waals surface area contributed by atoms with Crippen LogP contribution in [0, 0.1) is 23.2 Å². The van der Waals surface area contributed by atoms with Crippen LogP contribution in [0.3, 0.4) is 0 Å². The summed E-state index contributed by atoms with van der Waals surface area (Å²) in [7, 11) is 1.35. The highest BCUT2D eigenvalue weighted by Gasteiger charge is 2.54. The number of carboxylic acid groups (broad SMARTS) is 1. The van der Waals surface area contributed by atoms with E-state index in [1.807, 2.05) is 20.8 Å². The highest BCUT2D eigenvalue weighted by Crippen LogP contribution is 2.51. The lowest BCUT2D eigenvalue weighted by Crippen LogP contribution is -2.36. The lowest BCUT2D eigenvalue weighted by atomic mass is 9.74. The van der Waals surface area contributed by atoms with Gasteiger partial charge < -0.3 is 9.84 Å². The van der Waals surface area contributed by atoms with E-state index in [1.54, 1.807) is 0 Å². The summed E-state index contributed by atoms with van der Waals surface area (Å²) in [6, 6.07) is 0. The third kappa shape index (κ3) is 1.85. The SMILES string of the molecule is COC(=O)[C@@H]1[C@@H](C)C[C@H](C(=O)O)C1(C)C. The van der Waals surface area contributed by atoms with Gasteiger partial charge in [-0.05, 0) is 17.8 Å². The van der Waals surface area contributed by atoms with Crippen molar-refractivity contribution >= 4 is 11.9 Å². The van der Waals surface area contributed by atoms with E-state index in [4.69, 9.17) is 9.84 Å². The van der Waals surface area contributed by atoms with Crippen LogP contribution in [0.15, 0.2) is 0 Å². The molecule has 0 aromatic carbocycles. The summed E-state index contributed by atoms with van der Waals surface area (Å²) in [5, 5.41) is 9.09. The molecule has 86 valence electrons. The van der Waals surface area contributed by atoms with Crippen molar-refractivity contribution in [1.82, 2.24) is 0 Å². The maximum Gasteiger partial charge on any atom is 0.309 e. The molecule has 0 aromatic heterocycles. The van der Waals surface area contributed by atoms with Crippen molar-refractivity contribution in [3.63, 3.8) is 0 Å². The minimum Gasteiger partial charge on any atom is -0.481 e. The van der Waals surface area contributed by atoms with Crippen molar-refractivity contribution in [1.29, 1.82) is 0 Å². The molecule has 0 saturated heterocycles. The molecule has 1 fully saturated rings. The average Bonchev–Trinajstić information content (AvgIpc) is 2.35. The van der Waals surface area contributed by atoms with Crippen molar-refractivity contribution in [3.05, 3.63) is 0 Å². The minimum atomic E-state index is -0.821. The average molecular weight is 214 g/mol. The molecule has 4 nitrogen and oxygen atoms in total. The van der Waals surface area contributed by atoms with Gasteiger partial charge in [0.05, 0.1) is 18.9 Å². The van der Waals surface area contributed by atoms with Crippen LogP contribution in [-0.2, 0) is 14.3 Å². The van der Waals surface area contributed by atoms with E-state index in [9.17, 15) is 9.59 Å². The number of esters is 1. The molecule has 1 aliphatic carbocycles. The fraction of sp³-hybridized carbons (Fsp3) is 0.818. The van der Waals surface area contributed by atoms with Gasteiger partial charge in [0.25, 0.3) is 0 Å². The summed E-state index contributed by atoms with van der Waals surface area (Å²) >= 11 is 0. The Balaban J connectivity index is 3.00. The molecule has 4 heteroatoms. The van der Waals surface area contributed by atoms with Crippen LogP contribution in [0.5, 0.6) is 0 Å². The van der Waals surface area contributed by atoms with Gasteiger partial charge in [-0.15, -0.1) is 0 Å². The van der Waals surface area contributed by atoms with E-state index in [0.29, 0.717) is 6.42 Å². The fourth-order valence-electron chi connectivity index (χ4n) is 2.84. The van der Waals surface area contributed by atoms with Crippen LogP contribution in [0.1, 0.15) is 27.2 Å². The van der Waals surface area contributed by atoms with Gasteiger partial charge in [0, 0.05) is 0 Å². The van der Waals surface area contributed by atoms with Gasteiger partial charge in [0.1, 0.15) is 0 Å². The van der Waals surface area contributed by atoms with Crippen molar-refractivity contribution in [2.45, 2.75) is 27.2 Å². The van der Waals surface area contributed by atoms with E-state index in [-0.39, 0.29) is 17.8 Å². The third-order valence-corrected chi connectivity index (χ3v) is 3.63. The number of rotatable bonds is 2.